The van der Waals surface area contributed by atoms with E-state index in [9.17, 15) is 13.6 Å². The standard InChI is InChI=1S/C11H13F2NO2/c1-3-16-11(15)7(2)14-8-4-5-9(12)10(13)6-8/h4-7,14H,3H2,1-2H3/t7-/m0/s1. The van der Waals surface area contributed by atoms with Crippen molar-refractivity contribution < 1.29 is 18.3 Å². The first-order valence-corrected chi connectivity index (χ1v) is 4.92. The van der Waals surface area contributed by atoms with Crippen molar-refractivity contribution in [1.82, 2.24) is 0 Å². The summed E-state index contributed by atoms with van der Waals surface area (Å²) in [5.41, 5.74) is 0.333. The molecule has 0 saturated heterocycles. The van der Waals surface area contributed by atoms with Crippen molar-refractivity contribution in [2.45, 2.75) is 19.9 Å². The quantitative estimate of drug-likeness (QED) is 0.805. The van der Waals surface area contributed by atoms with Crippen molar-refractivity contribution in [3.63, 3.8) is 0 Å². The molecule has 1 atom stereocenters. The van der Waals surface area contributed by atoms with Crippen LogP contribution >= 0.6 is 0 Å². The van der Waals surface area contributed by atoms with Crippen LogP contribution in [0.15, 0.2) is 18.2 Å². The molecular weight excluding hydrogens is 216 g/mol. The van der Waals surface area contributed by atoms with Crippen LogP contribution < -0.4 is 5.32 Å². The smallest absolute Gasteiger partial charge is 0.328 e. The second kappa shape index (κ2) is 5.44. The normalized spacial score (nSPS) is 12.0. The van der Waals surface area contributed by atoms with Crippen molar-refractivity contribution in [2.75, 3.05) is 11.9 Å². The van der Waals surface area contributed by atoms with Gasteiger partial charge in [-0.3, -0.25) is 0 Å². The largest absolute Gasteiger partial charge is 0.464 e. The van der Waals surface area contributed by atoms with Gasteiger partial charge in [-0.1, -0.05) is 0 Å². The number of esters is 1. The number of hydrogen-bond acceptors (Lipinski definition) is 3. The fraction of sp³-hybridized carbons (Fsp3) is 0.364. The van der Waals surface area contributed by atoms with Gasteiger partial charge in [0.2, 0.25) is 0 Å². The Bertz CT molecular complexity index is 382. The average molecular weight is 229 g/mol. The van der Waals surface area contributed by atoms with E-state index in [2.05, 4.69) is 5.32 Å². The lowest BCUT2D eigenvalue weighted by atomic mass is 10.2. The second-order valence-electron chi connectivity index (χ2n) is 3.25. The van der Waals surface area contributed by atoms with Crippen LogP contribution in [0.25, 0.3) is 0 Å². The maximum absolute atomic E-state index is 12.8. The first kappa shape index (κ1) is 12.4. The molecule has 1 aromatic carbocycles. The van der Waals surface area contributed by atoms with Gasteiger partial charge in [-0.25, -0.2) is 13.6 Å². The summed E-state index contributed by atoms with van der Waals surface area (Å²) in [6.07, 6.45) is 0. The van der Waals surface area contributed by atoms with Crippen LogP contribution in [0.3, 0.4) is 0 Å². The lowest BCUT2D eigenvalue weighted by Crippen LogP contribution is -2.28. The molecule has 0 aliphatic carbocycles. The molecule has 1 rings (SSSR count). The third-order valence-electron chi connectivity index (χ3n) is 1.94. The molecule has 16 heavy (non-hydrogen) atoms. The lowest BCUT2D eigenvalue weighted by molar-refractivity contribution is -0.143. The first-order chi connectivity index (χ1) is 7.54. The molecule has 0 aromatic heterocycles. The molecule has 3 nitrogen and oxygen atoms in total. The van der Waals surface area contributed by atoms with Crippen molar-refractivity contribution in [1.29, 1.82) is 0 Å². The van der Waals surface area contributed by atoms with E-state index in [1.165, 1.54) is 6.07 Å². The Hall–Kier alpha value is -1.65. The van der Waals surface area contributed by atoms with E-state index in [1.807, 2.05) is 0 Å². The number of ether oxygens (including phenoxy) is 1. The summed E-state index contributed by atoms with van der Waals surface area (Å²) >= 11 is 0. The molecule has 1 N–H and O–H groups in total. The molecule has 0 aliphatic heterocycles. The van der Waals surface area contributed by atoms with Crippen molar-refractivity contribution in [3.8, 4) is 0 Å². The summed E-state index contributed by atoms with van der Waals surface area (Å²) in [6, 6.07) is 2.74. The van der Waals surface area contributed by atoms with Crippen molar-refractivity contribution in [3.05, 3.63) is 29.8 Å². The van der Waals surface area contributed by atoms with Gasteiger partial charge >= 0.3 is 5.97 Å². The Morgan fingerprint density at radius 1 is 1.44 bits per heavy atom. The Morgan fingerprint density at radius 3 is 2.69 bits per heavy atom. The van der Waals surface area contributed by atoms with Gasteiger partial charge < -0.3 is 10.1 Å². The van der Waals surface area contributed by atoms with Gasteiger partial charge in [0.05, 0.1) is 6.61 Å². The van der Waals surface area contributed by atoms with E-state index in [0.717, 1.165) is 12.1 Å². The van der Waals surface area contributed by atoms with Crippen LogP contribution in [0.5, 0.6) is 0 Å². The number of carbonyl (C=O) groups is 1. The zero-order valence-electron chi connectivity index (χ0n) is 9.09. The molecule has 0 fully saturated rings. The average Bonchev–Trinajstić information content (AvgIpc) is 2.24. The molecule has 0 amide bonds. The van der Waals surface area contributed by atoms with E-state index in [1.54, 1.807) is 13.8 Å². The highest BCUT2D eigenvalue weighted by Gasteiger charge is 2.14. The summed E-state index contributed by atoms with van der Waals surface area (Å²) < 4.78 is 30.2. The van der Waals surface area contributed by atoms with Crippen molar-refractivity contribution in [2.24, 2.45) is 0 Å². The lowest BCUT2D eigenvalue weighted by Gasteiger charge is -2.13. The molecule has 0 bridgehead atoms. The minimum atomic E-state index is -0.957. The molecule has 88 valence electrons. The minimum Gasteiger partial charge on any atom is -0.464 e. The molecule has 0 aliphatic rings. The fourth-order valence-electron chi connectivity index (χ4n) is 1.16. The number of anilines is 1. The Balaban J connectivity index is 2.66. The third kappa shape index (κ3) is 3.18. The highest BCUT2D eigenvalue weighted by atomic mass is 19.2. The van der Waals surface area contributed by atoms with Gasteiger partial charge in [0.15, 0.2) is 11.6 Å². The molecule has 0 saturated carbocycles. The van der Waals surface area contributed by atoms with Gasteiger partial charge in [0.25, 0.3) is 0 Å². The van der Waals surface area contributed by atoms with Crippen LogP contribution in [-0.2, 0) is 9.53 Å². The monoisotopic (exact) mass is 229 g/mol. The molecular formula is C11H13F2NO2. The summed E-state index contributed by atoms with van der Waals surface area (Å²) in [5, 5.41) is 2.71. The van der Waals surface area contributed by atoms with Crippen LogP contribution in [0, 0.1) is 11.6 Å². The van der Waals surface area contributed by atoms with E-state index in [-0.39, 0.29) is 6.61 Å². The number of halogens is 2. The highest BCUT2D eigenvalue weighted by Crippen LogP contribution is 2.14. The Labute approximate surface area is 92.4 Å². The van der Waals surface area contributed by atoms with Crippen LogP contribution in [0.2, 0.25) is 0 Å². The number of hydrogen-bond donors (Lipinski definition) is 1. The molecule has 0 heterocycles. The fourth-order valence-corrected chi connectivity index (χ4v) is 1.16. The maximum Gasteiger partial charge on any atom is 0.328 e. The number of benzene rings is 1. The molecule has 0 radical (unpaired) electrons. The molecule has 0 unspecified atom stereocenters. The van der Waals surface area contributed by atoms with E-state index in [0.29, 0.717) is 5.69 Å². The number of nitrogens with one attached hydrogen (secondary N) is 1. The summed E-state index contributed by atoms with van der Waals surface area (Å²) in [6.45, 7) is 3.56. The number of carbonyl (C=O) groups excluding carboxylic acids is 1. The van der Waals surface area contributed by atoms with Crippen LogP contribution in [0.4, 0.5) is 14.5 Å². The van der Waals surface area contributed by atoms with Gasteiger partial charge in [0.1, 0.15) is 6.04 Å². The predicted molar refractivity (Wildman–Crippen MR) is 56.1 cm³/mol. The maximum atomic E-state index is 12.8. The minimum absolute atomic E-state index is 0.280. The first-order valence-electron chi connectivity index (χ1n) is 4.92. The number of rotatable bonds is 4. The Kier molecular flexibility index (Phi) is 4.22. The van der Waals surface area contributed by atoms with E-state index in [4.69, 9.17) is 4.74 Å². The van der Waals surface area contributed by atoms with E-state index < -0.39 is 23.6 Å². The molecule has 1 aromatic rings. The van der Waals surface area contributed by atoms with Crippen LogP contribution in [0.1, 0.15) is 13.8 Å². The second-order valence-corrected chi connectivity index (χ2v) is 3.25. The van der Waals surface area contributed by atoms with Gasteiger partial charge in [-0.2, -0.15) is 0 Å². The van der Waals surface area contributed by atoms with E-state index >= 15 is 0 Å². The van der Waals surface area contributed by atoms with Gasteiger partial charge in [-0.15, -0.1) is 0 Å². The summed E-state index contributed by atoms with van der Waals surface area (Å²) in [5.74, 6) is -2.32. The zero-order chi connectivity index (χ0) is 12.1. The third-order valence-corrected chi connectivity index (χ3v) is 1.94. The summed E-state index contributed by atoms with van der Waals surface area (Å²) in [4.78, 5) is 11.2. The SMILES string of the molecule is CCOC(=O)[C@H](C)Nc1ccc(F)c(F)c1. The van der Waals surface area contributed by atoms with Crippen molar-refractivity contribution >= 4 is 11.7 Å². The highest BCUT2D eigenvalue weighted by molar-refractivity contribution is 5.78. The predicted octanol–water partition coefficient (Wildman–Crippen LogP) is 2.33. The van der Waals surface area contributed by atoms with Crippen LogP contribution in [-0.4, -0.2) is 18.6 Å². The van der Waals surface area contributed by atoms with Gasteiger partial charge in [0, 0.05) is 11.8 Å². The topological polar surface area (TPSA) is 38.3 Å². The molecule has 0 spiro atoms. The Morgan fingerprint density at radius 2 is 2.12 bits per heavy atom. The van der Waals surface area contributed by atoms with Gasteiger partial charge in [-0.05, 0) is 26.0 Å². The summed E-state index contributed by atoms with van der Waals surface area (Å²) in [7, 11) is 0. The molecule has 5 heteroatoms. The zero-order valence-corrected chi connectivity index (χ0v) is 9.09.